The summed E-state index contributed by atoms with van der Waals surface area (Å²) in [5.74, 6) is -0.382. The lowest BCUT2D eigenvalue weighted by atomic mass is 10.1. The number of nitrogens with zero attached hydrogens (tertiary/aromatic N) is 6. The maximum absolute atomic E-state index is 12.0. The van der Waals surface area contributed by atoms with Gasteiger partial charge in [-0.1, -0.05) is 30.8 Å². The molecular weight excluding hydrogens is 646 g/mol. The van der Waals surface area contributed by atoms with Gasteiger partial charge in [-0.25, -0.2) is 19.4 Å². The van der Waals surface area contributed by atoms with Crippen LogP contribution in [0, 0.1) is 0 Å². The minimum absolute atomic E-state index is 0.00354. The number of piperazine rings is 1. The maximum atomic E-state index is 12.0. The summed E-state index contributed by atoms with van der Waals surface area (Å²) in [6.45, 7) is 12.2. The molecule has 0 bridgehead atoms. The number of benzene rings is 2. The van der Waals surface area contributed by atoms with Crippen molar-refractivity contribution in [3.05, 3.63) is 119 Å². The second-order valence-electron chi connectivity index (χ2n) is 11.1. The highest BCUT2D eigenvalue weighted by Crippen LogP contribution is 2.26. The van der Waals surface area contributed by atoms with Gasteiger partial charge in [-0.2, -0.15) is 9.97 Å². The van der Waals surface area contributed by atoms with Crippen molar-refractivity contribution in [2.45, 2.75) is 33.0 Å². The summed E-state index contributed by atoms with van der Waals surface area (Å²) in [5.41, 5.74) is 3.33. The highest BCUT2D eigenvalue weighted by molar-refractivity contribution is 5.89. The first-order valence-electron chi connectivity index (χ1n) is 15.8. The molecule has 1 saturated heterocycles. The third-order valence-corrected chi connectivity index (χ3v) is 7.70. The molecule has 4 aromatic rings. The third-order valence-electron chi connectivity index (χ3n) is 7.70. The smallest absolute Gasteiger partial charge is 0.438 e. The van der Waals surface area contributed by atoms with Gasteiger partial charge in [-0.3, -0.25) is 14.6 Å². The number of carbonyl (C=O) groups excluding carboxylic acids is 2. The number of carboxylic acid groups (broad SMARTS) is 1. The number of carboxylic acids is 1. The van der Waals surface area contributed by atoms with E-state index in [-0.39, 0.29) is 36.0 Å². The Labute approximate surface area is 288 Å². The van der Waals surface area contributed by atoms with Crippen LogP contribution in [0.5, 0.6) is 5.75 Å². The number of phenols is 1. The number of fused-ring (bicyclic) bond motifs is 1. The summed E-state index contributed by atoms with van der Waals surface area (Å²) < 4.78 is 9.41. The molecule has 2 aliphatic rings. The SMILES string of the molecule is C=CC(=O)N1CCN(Cc2ccc([C@H](C)Nc3ncc4c(n3)N(CC)C(=O)OC4)cc2)CC1.O=C(O)c1ccc(O)cc1.O=c1nccco1. The molecule has 0 radical (unpaired) electrons. The zero-order valence-corrected chi connectivity index (χ0v) is 27.8. The van der Waals surface area contributed by atoms with Crippen molar-refractivity contribution in [1.82, 2.24) is 24.8 Å². The van der Waals surface area contributed by atoms with E-state index >= 15 is 0 Å². The number of nitrogens with one attached hydrogen (secondary N) is 1. The first kappa shape index (κ1) is 36.7. The molecule has 2 aliphatic heterocycles. The summed E-state index contributed by atoms with van der Waals surface area (Å²) in [6, 6.07) is 15.4. The molecule has 1 fully saturated rings. The lowest BCUT2D eigenvalue weighted by molar-refractivity contribution is -0.127. The predicted molar refractivity (Wildman–Crippen MR) is 184 cm³/mol. The van der Waals surface area contributed by atoms with Crippen LogP contribution >= 0.6 is 0 Å². The Morgan fingerprint density at radius 2 is 1.74 bits per heavy atom. The van der Waals surface area contributed by atoms with Crippen LogP contribution in [0.3, 0.4) is 0 Å². The van der Waals surface area contributed by atoms with Crippen LogP contribution < -0.4 is 16.0 Å². The minimum atomic E-state index is -0.986. The maximum Gasteiger partial charge on any atom is 0.438 e. The van der Waals surface area contributed by atoms with Crippen LogP contribution in [-0.4, -0.2) is 85.7 Å². The van der Waals surface area contributed by atoms with Gasteiger partial charge in [0.1, 0.15) is 18.2 Å². The van der Waals surface area contributed by atoms with Gasteiger partial charge in [-0.15, -0.1) is 0 Å². The fourth-order valence-corrected chi connectivity index (χ4v) is 4.96. The Kier molecular flexibility index (Phi) is 13.1. The zero-order valence-electron chi connectivity index (χ0n) is 27.8. The second-order valence-corrected chi connectivity index (χ2v) is 11.1. The number of aromatic nitrogens is 3. The van der Waals surface area contributed by atoms with Gasteiger partial charge in [0.2, 0.25) is 11.9 Å². The number of cyclic esters (lactones) is 1. The first-order chi connectivity index (χ1) is 24.1. The van der Waals surface area contributed by atoms with Gasteiger partial charge in [0.05, 0.1) is 23.4 Å². The number of ether oxygens (including phenoxy) is 1. The van der Waals surface area contributed by atoms with Crippen molar-refractivity contribution < 1.29 is 33.8 Å². The molecule has 50 heavy (non-hydrogen) atoms. The molecule has 2 aromatic heterocycles. The fourth-order valence-electron chi connectivity index (χ4n) is 4.96. The minimum Gasteiger partial charge on any atom is -0.508 e. The molecule has 0 aliphatic carbocycles. The summed E-state index contributed by atoms with van der Waals surface area (Å²) in [7, 11) is 0. The van der Waals surface area contributed by atoms with Gasteiger partial charge in [-0.05, 0) is 61.4 Å². The van der Waals surface area contributed by atoms with E-state index in [1.54, 1.807) is 12.3 Å². The first-order valence-corrected chi connectivity index (χ1v) is 15.8. The fraction of sp³-hybridized carbons (Fsp3) is 0.286. The Hall–Kier alpha value is -6.09. The Morgan fingerprint density at radius 1 is 1.04 bits per heavy atom. The second kappa shape index (κ2) is 17.9. The number of amides is 2. The number of aromatic hydroxyl groups is 1. The molecule has 15 nitrogen and oxygen atoms in total. The summed E-state index contributed by atoms with van der Waals surface area (Å²) in [6.07, 6.45) is 5.37. The van der Waals surface area contributed by atoms with Crippen LogP contribution in [0.1, 0.15) is 46.9 Å². The van der Waals surface area contributed by atoms with E-state index in [0.717, 1.165) is 43.9 Å². The number of phenolic OH excluding ortho intramolecular Hbond substituents is 1. The van der Waals surface area contributed by atoms with E-state index in [2.05, 4.69) is 67.4 Å². The number of hydrogen-bond donors (Lipinski definition) is 3. The molecule has 4 heterocycles. The molecule has 3 N–H and O–H groups in total. The van der Waals surface area contributed by atoms with Crippen LogP contribution in [0.15, 0.2) is 95.1 Å². The molecule has 0 saturated carbocycles. The number of hydrogen-bond acceptors (Lipinski definition) is 12. The quantitative estimate of drug-likeness (QED) is 0.225. The van der Waals surface area contributed by atoms with Gasteiger partial charge < -0.3 is 29.6 Å². The highest BCUT2D eigenvalue weighted by Gasteiger charge is 2.27. The molecule has 262 valence electrons. The molecule has 0 spiro atoms. The van der Waals surface area contributed by atoms with Gasteiger partial charge in [0, 0.05) is 51.7 Å². The van der Waals surface area contributed by atoms with E-state index < -0.39 is 11.7 Å². The van der Waals surface area contributed by atoms with Crippen LogP contribution in [0.4, 0.5) is 16.6 Å². The topological polar surface area (TPSA) is 192 Å². The third kappa shape index (κ3) is 10.5. The Morgan fingerprint density at radius 3 is 2.30 bits per heavy atom. The van der Waals surface area contributed by atoms with Gasteiger partial charge in [0.15, 0.2) is 0 Å². The van der Waals surface area contributed by atoms with E-state index in [1.165, 1.54) is 53.3 Å². The molecule has 15 heteroatoms. The molecular formula is C35H39N7O8. The zero-order chi connectivity index (χ0) is 36.0. The lowest BCUT2D eigenvalue weighted by Crippen LogP contribution is -2.47. The van der Waals surface area contributed by atoms with Crippen molar-refractivity contribution in [3.8, 4) is 5.75 Å². The Balaban J connectivity index is 0.000000268. The predicted octanol–water partition coefficient (Wildman–Crippen LogP) is 4.08. The van der Waals surface area contributed by atoms with Crippen LogP contribution in [-0.2, 0) is 22.7 Å². The summed E-state index contributed by atoms with van der Waals surface area (Å²) in [4.78, 5) is 61.8. The molecule has 0 unspecified atom stereocenters. The van der Waals surface area contributed by atoms with Crippen molar-refractivity contribution >= 4 is 29.7 Å². The lowest BCUT2D eigenvalue weighted by Gasteiger charge is -2.34. The Bertz CT molecular complexity index is 1790. The summed E-state index contributed by atoms with van der Waals surface area (Å²) in [5, 5.41) is 20.5. The molecule has 1 atom stereocenters. The van der Waals surface area contributed by atoms with Crippen molar-refractivity contribution in [2.75, 3.05) is 42.9 Å². The monoisotopic (exact) mass is 685 g/mol. The van der Waals surface area contributed by atoms with Crippen molar-refractivity contribution in [2.24, 2.45) is 0 Å². The number of carbonyl (C=O) groups is 3. The van der Waals surface area contributed by atoms with E-state index in [4.69, 9.17) is 14.9 Å². The average Bonchev–Trinajstić information content (AvgIpc) is 3.13. The standard InChI is InChI=1S/C24H30N6O3.C7H6O3.C4H3NO2/c1-4-21(31)29-12-10-28(11-13-29)15-18-6-8-19(9-7-18)17(3)26-23-25-14-20-16-33-24(32)30(5-2)22(20)27-23;8-6-3-1-5(2-4-6)7(9)10;6-4-5-2-1-3-7-4/h4,6-9,14,17H,1,5,10-13,15-16H2,2-3H3,(H,25,26,27);1-4,8H,(H,9,10);1-3H/t17-;;/m0../s1. The van der Waals surface area contributed by atoms with E-state index in [9.17, 15) is 19.2 Å². The number of aromatic carboxylic acids is 1. The molecule has 2 amide bonds. The van der Waals surface area contributed by atoms with Crippen molar-refractivity contribution in [3.63, 3.8) is 0 Å². The normalized spacial score (nSPS) is 14.4. The van der Waals surface area contributed by atoms with Crippen LogP contribution in [0.2, 0.25) is 0 Å². The van der Waals surface area contributed by atoms with Crippen molar-refractivity contribution in [1.29, 1.82) is 0 Å². The molecule has 6 rings (SSSR count). The summed E-state index contributed by atoms with van der Waals surface area (Å²) >= 11 is 0. The van der Waals surface area contributed by atoms with Gasteiger partial charge >= 0.3 is 17.8 Å². The van der Waals surface area contributed by atoms with Gasteiger partial charge in [0.25, 0.3) is 0 Å². The largest absolute Gasteiger partial charge is 0.508 e. The van der Waals surface area contributed by atoms with E-state index in [0.29, 0.717) is 18.3 Å². The molecule has 2 aromatic carbocycles. The van der Waals surface area contributed by atoms with Crippen LogP contribution in [0.25, 0.3) is 0 Å². The number of rotatable bonds is 8. The average molecular weight is 686 g/mol. The van der Waals surface area contributed by atoms with E-state index in [1.807, 2.05) is 11.8 Å². The highest BCUT2D eigenvalue weighted by atomic mass is 16.6. The number of anilines is 2.